The summed E-state index contributed by atoms with van der Waals surface area (Å²) < 4.78 is 16.7. The van der Waals surface area contributed by atoms with Crippen molar-refractivity contribution in [3.63, 3.8) is 0 Å². The second-order valence-electron chi connectivity index (χ2n) is 9.20. The van der Waals surface area contributed by atoms with Crippen molar-refractivity contribution >= 4 is 17.2 Å². The first-order valence-electron chi connectivity index (χ1n) is 11.3. The maximum Gasteiger partial charge on any atom is 0.338 e. The third-order valence-electron chi connectivity index (χ3n) is 6.06. The minimum atomic E-state index is -0.381. The number of rotatable bonds is 6. The van der Waals surface area contributed by atoms with Gasteiger partial charge >= 0.3 is 5.97 Å². The van der Waals surface area contributed by atoms with Crippen molar-refractivity contribution in [3.05, 3.63) is 82.9 Å². The van der Waals surface area contributed by atoms with Crippen LogP contribution in [0.25, 0.3) is 16.7 Å². The maximum atomic E-state index is 12.9. The number of esters is 1. The van der Waals surface area contributed by atoms with Gasteiger partial charge in [0.1, 0.15) is 18.1 Å². The molecule has 1 aliphatic rings. The van der Waals surface area contributed by atoms with Gasteiger partial charge in [-0.05, 0) is 81.3 Å². The van der Waals surface area contributed by atoms with Crippen LogP contribution in [0.2, 0.25) is 0 Å². The minimum Gasteiger partial charge on any atom is -0.497 e. The van der Waals surface area contributed by atoms with Gasteiger partial charge in [0.05, 0.1) is 25.3 Å². The fourth-order valence-electron chi connectivity index (χ4n) is 4.58. The Morgan fingerprint density at radius 3 is 2.32 bits per heavy atom. The largest absolute Gasteiger partial charge is 0.497 e. The van der Waals surface area contributed by atoms with Gasteiger partial charge in [0, 0.05) is 22.4 Å². The number of methoxy groups -OCH3 is 2. The Balaban J connectivity index is 1.79. The van der Waals surface area contributed by atoms with Crippen LogP contribution in [-0.4, -0.2) is 25.7 Å². The van der Waals surface area contributed by atoms with Crippen molar-refractivity contribution in [1.29, 1.82) is 0 Å². The number of fused-ring (bicyclic) bond motifs is 1. The van der Waals surface area contributed by atoms with E-state index in [1.807, 2.05) is 12.1 Å². The van der Waals surface area contributed by atoms with Crippen molar-refractivity contribution in [2.45, 2.75) is 39.8 Å². The van der Waals surface area contributed by atoms with Gasteiger partial charge in [-0.1, -0.05) is 23.8 Å². The van der Waals surface area contributed by atoms with Crippen LogP contribution in [0.1, 0.15) is 47.8 Å². The SMILES string of the molecule is COc1ccc(C(=O)OCc2c(-c3cc(C)ccc3OC)ccc3c2C(C)=CC(C)(C)N3)cc1. The molecule has 1 heterocycles. The molecule has 3 aromatic rings. The number of hydrogen-bond donors (Lipinski definition) is 1. The first-order chi connectivity index (χ1) is 16.2. The highest BCUT2D eigenvalue weighted by Crippen LogP contribution is 2.43. The number of allylic oxidation sites excluding steroid dienone is 1. The van der Waals surface area contributed by atoms with Gasteiger partial charge in [-0.2, -0.15) is 0 Å². The van der Waals surface area contributed by atoms with Crippen LogP contribution in [-0.2, 0) is 11.3 Å². The summed E-state index contributed by atoms with van der Waals surface area (Å²) in [5, 5.41) is 3.60. The van der Waals surface area contributed by atoms with E-state index in [-0.39, 0.29) is 18.1 Å². The van der Waals surface area contributed by atoms with E-state index >= 15 is 0 Å². The summed E-state index contributed by atoms with van der Waals surface area (Å²) in [5.41, 5.74) is 7.56. The zero-order valence-electron chi connectivity index (χ0n) is 20.6. The molecule has 0 aliphatic carbocycles. The van der Waals surface area contributed by atoms with Crippen LogP contribution in [0.15, 0.2) is 60.7 Å². The van der Waals surface area contributed by atoms with Gasteiger partial charge < -0.3 is 19.5 Å². The first-order valence-corrected chi connectivity index (χ1v) is 11.3. The topological polar surface area (TPSA) is 56.8 Å². The molecule has 0 radical (unpaired) electrons. The highest BCUT2D eigenvalue weighted by molar-refractivity contribution is 5.91. The Labute approximate surface area is 201 Å². The molecule has 0 amide bonds. The number of carbonyl (C=O) groups is 1. The number of ether oxygens (including phenoxy) is 3. The van der Waals surface area contributed by atoms with Gasteiger partial charge in [-0.3, -0.25) is 0 Å². The lowest BCUT2D eigenvalue weighted by Gasteiger charge is -2.33. The van der Waals surface area contributed by atoms with E-state index in [4.69, 9.17) is 14.2 Å². The molecule has 0 saturated heterocycles. The summed E-state index contributed by atoms with van der Waals surface area (Å²) in [4.78, 5) is 12.9. The molecule has 0 unspecified atom stereocenters. The molecule has 5 nitrogen and oxygen atoms in total. The Morgan fingerprint density at radius 1 is 0.912 bits per heavy atom. The van der Waals surface area contributed by atoms with Gasteiger partial charge in [0.25, 0.3) is 0 Å². The highest BCUT2D eigenvalue weighted by atomic mass is 16.5. The molecule has 3 aromatic carbocycles. The average Bonchev–Trinajstić information content (AvgIpc) is 2.81. The van der Waals surface area contributed by atoms with Crippen molar-refractivity contribution in [2.75, 3.05) is 19.5 Å². The molecular formula is C29H31NO4. The van der Waals surface area contributed by atoms with E-state index in [1.165, 1.54) is 0 Å². The quantitative estimate of drug-likeness (QED) is 0.420. The van der Waals surface area contributed by atoms with E-state index in [2.05, 4.69) is 57.3 Å². The third kappa shape index (κ3) is 4.65. The van der Waals surface area contributed by atoms with E-state index in [1.54, 1.807) is 38.5 Å². The van der Waals surface area contributed by atoms with Crippen LogP contribution in [0.5, 0.6) is 11.5 Å². The predicted molar refractivity (Wildman–Crippen MR) is 137 cm³/mol. The fraction of sp³-hybridized carbons (Fsp3) is 0.276. The summed E-state index contributed by atoms with van der Waals surface area (Å²) in [6, 6.07) is 17.2. The standard InChI is InChI=1S/C29H31NO4/c1-18-7-14-26(33-6)23(15-18)22-12-13-25-27(19(2)16-29(3,4)30-25)24(22)17-34-28(31)20-8-10-21(32-5)11-9-20/h7-16,30H,17H2,1-6H3. The number of aryl methyl sites for hydroxylation is 1. The summed E-state index contributed by atoms with van der Waals surface area (Å²) in [7, 11) is 3.27. The van der Waals surface area contributed by atoms with Gasteiger partial charge in [-0.15, -0.1) is 0 Å². The number of hydrogen-bond acceptors (Lipinski definition) is 5. The molecule has 0 atom stereocenters. The Kier molecular flexibility index (Phi) is 6.38. The second-order valence-corrected chi connectivity index (χ2v) is 9.20. The van der Waals surface area contributed by atoms with Gasteiger partial charge in [-0.25, -0.2) is 4.79 Å². The first kappa shape index (κ1) is 23.4. The summed E-state index contributed by atoms with van der Waals surface area (Å²) in [5.74, 6) is 1.09. The maximum absolute atomic E-state index is 12.9. The molecule has 0 bridgehead atoms. The van der Waals surface area contributed by atoms with Crippen LogP contribution >= 0.6 is 0 Å². The van der Waals surface area contributed by atoms with Crippen molar-refractivity contribution in [1.82, 2.24) is 0 Å². The minimum absolute atomic E-state index is 0.133. The summed E-state index contributed by atoms with van der Waals surface area (Å²) in [6.07, 6.45) is 2.21. The monoisotopic (exact) mass is 457 g/mol. The molecular weight excluding hydrogens is 426 g/mol. The molecule has 0 aromatic heterocycles. The van der Waals surface area contributed by atoms with E-state index < -0.39 is 0 Å². The van der Waals surface area contributed by atoms with E-state index in [9.17, 15) is 4.79 Å². The number of nitrogens with one attached hydrogen (secondary N) is 1. The van der Waals surface area contributed by atoms with Gasteiger partial charge in [0.15, 0.2) is 0 Å². The number of anilines is 1. The highest BCUT2D eigenvalue weighted by Gasteiger charge is 2.27. The molecule has 34 heavy (non-hydrogen) atoms. The molecule has 0 saturated carbocycles. The average molecular weight is 458 g/mol. The fourth-order valence-corrected chi connectivity index (χ4v) is 4.58. The molecule has 176 valence electrons. The zero-order chi connectivity index (χ0) is 24.5. The summed E-state index contributed by atoms with van der Waals surface area (Å²) in [6.45, 7) is 8.57. The van der Waals surface area contributed by atoms with Crippen LogP contribution < -0.4 is 14.8 Å². The van der Waals surface area contributed by atoms with E-state index in [0.717, 1.165) is 44.8 Å². The Hall–Kier alpha value is -3.73. The molecule has 4 rings (SSSR count). The lowest BCUT2D eigenvalue weighted by atomic mass is 9.85. The third-order valence-corrected chi connectivity index (χ3v) is 6.06. The second kappa shape index (κ2) is 9.26. The molecule has 0 fully saturated rings. The Morgan fingerprint density at radius 2 is 1.65 bits per heavy atom. The smallest absolute Gasteiger partial charge is 0.338 e. The van der Waals surface area contributed by atoms with Crippen LogP contribution in [0.4, 0.5) is 5.69 Å². The molecule has 1 N–H and O–H groups in total. The molecule has 0 spiro atoms. The van der Waals surface area contributed by atoms with Crippen LogP contribution in [0.3, 0.4) is 0 Å². The number of benzene rings is 3. The normalized spacial score (nSPS) is 13.9. The Bertz CT molecular complexity index is 1260. The van der Waals surface area contributed by atoms with E-state index in [0.29, 0.717) is 11.3 Å². The zero-order valence-corrected chi connectivity index (χ0v) is 20.6. The molecule has 1 aliphatic heterocycles. The molecule has 5 heteroatoms. The lowest BCUT2D eigenvalue weighted by molar-refractivity contribution is 0.0473. The van der Waals surface area contributed by atoms with Crippen molar-refractivity contribution in [3.8, 4) is 22.6 Å². The predicted octanol–water partition coefficient (Wildman–Crippen LogP) is 6.64. The lowest BCUT2D eigenvalue weighted by Crippen LogP contribution is -2.32. The van der Waals surface area contributed by atoms with Crippen molar-refractivity contribution in [2.24, 2.45) is 0 Å². The summed E-state index contributed by atoms with van der Waals surface area (Å²) >= 11 is 0. The van der Waals surface area contributed by atoms with Gasteiger partial charge in [0.2, 0.25) is 0 Å². The van der Waals surface area contributed by atoms with Crippen molar-refractivity contribution < 1.29 is 19.0 Å². The van der Waals surface area contributed by atoms with Crippen LogP contribution in [0, 0.1) is 6.92 Å². The number of carbonyl (C=O) groups excluding carboxylic acids is 1.